The lowest BCUT2D eigenvalue weighted by Gasteiger charge is -2.44. The van der Waals surface area contributed by atoms with Gasteiger partial charge in [-0.25, -0.2) is 4.99 Å². The van der Waals surface area contributed by atoms with E-state index in [2.05, 4.69) is 20.5 Å². The Hall–Kier alpha value is -2.25. The molecule has 124 valence electrons. The predicted molar refractivity (Wildman–Crippen MR) is 90.9 cm³/mol. The van der Waals surface area contributed by atoms with E-state index in [1.54, 1.807) is 7.11 Å². The Labute approximate surface area is 136 Å². The molecule has 2 aliphatic rings. The van der Waals surface area contributed by atoms with Gasteiger partial charge in [-0.2, -0.15) is 0 Å². The molecule has 0 aliphatic carbocycles. The summed E-state index contributed by atoms with van der Waals surface area (Å²) in [6.07, 6.45) is 2.51. The van der Waals surface area contributed by atoms with Crippen LogP contribution in [0.5, 0.6) is 5.75 Å². The Bertz CT molecular complexity index is 637. The highest BCUT2D eigenvalue weighted by Crippen LogP contribution is 2.24. The highest BCUT2D eigenvalue weighted by atomic mass is 16.5. The molecule has 7 heteroatoms. The van der Waals surface area contributed by atoms with Crippen molar-refractivity contribution in [2.45, 2.75) is 18.1 Å². The average molecular weight is 316 g/mol. The number of benzene rings is 1. The number of likely N-dealkylation sites (N-methyl/N-ethyl adjacent to an activating group) is 1. The lowest BCUT2D eigenvalue weighted by Crippen LogP contribution is -2.60. The molecule has 1 saturated heterocycles. The van der Waals surface area contributed by atoms with Crippen LogP contribution in [0.4, 0.5) is 0 Å². The fourth-order valence-corrected chi connectivity index (χ4v) is 2.92. The summed E-state index contributed by atoms with van der Waals surface area (Å²) in [7, 11) is 3.62. The van der Waals surface area contributed by atoms with Gasteiger partial charge in [0.1, 0.15) is 17.2 Å². The minimum absolute atomic E-state index is 0.348. The number of guanidine groups is 1. The van der Waals surface area contributed by atoms with E-state index in [-0.39, 0.29) is 0 Å². The van der Waals surface area contributed by atoms with Crippen molar-refractivity contribution in [3.63, 3.8) is 0 Å². The Balaban J connectivity index is 1.78. The lowest BCUT2D eigenvalue weighted by atomic mass is 9.98. The first-order valence-corrected chi connectivity index (χ1v) is 7.70. The SMILES string of the molecule is CNC1CN(C2=CC(N)(Cc3cccc(OC)c3)N=C(N)N2)C1. The Morgan fingerprint density at radius 1 is 1.48 bits per heavy atom. The Morgan fingerprint density at radius 2 is 2.26 bits per heavy atom. The first-order valence-electron chi connectivity index (χ1n) is 7.70. The molecule has 1 atom stereocenters. The fraction of sp³-hybridized carbons (Fsp3) is 0.438. The lowest BCUT2D eigenvalue weighted by molar-refractivity contribution is 0.167. The van der Waals surface area contributed by atoms with E-state index < -0.39 is 5.66 Å². The van der Waals surface area contributed by atoms with Crippen LogP contribution in [-0.2, 0) is 6.42 Å². The molecule has 1 unspecified atom stereocenters. The molecule has 0 bridgehead atoms. The first kappa shape index (κ1) is 15.6. The van der Waals surface area contributed by atoms with Crippen LogP contribution in [0, 0.1) is 0 Å². The van der Waals surface area contributed by atoms with Crippen LogP contribution in [0.25, 0.3) is 0 Å². The van der Waals surface area contributed by atoms with Gasteiger partial charge >= 0.3 is 0 Å². The summed E-state index contributed by atoms with van der Waals surface area (Å²) < 4.78 is 5.26. The van der Waals surface area contributed by atoms with Gasteiger partial charge in [0, 0.05) is 25.6 Å². The van der Waals surface area contributed by atoms with Crippen LogP contribution in [-0.4, -0.2) is 49.8 Å². The van der Waals surface area contributed by atoms with Crippen molar-refractivity contribution in [3.05, 3.63) is 41.7 Å². The summed E-state index contributed by atoms with van der Waals surface area (Å²) in [5.74, 6) is 2.08. The van der Waals surface area contributed by atoms with Crippen molar-refractivity contribution in [2.24, 2.45) is 16.5 Å². The minimum Gasteiger partial charge on any atom is -0.497 e. The molecule has 0 aromatic heterocycles. The molecule has 23 heavy (non-hydrogen) atoms. The normalized spacial score (nSPS) is 24.4. The van der Waals surface area contributed by atoms with E-state index in [9.17, 15) is 0 Å². The van der Waals surface area contributed by atoms with Crippen LogP contribution in [0.2, 0.25) is 0 Å². The number of aliphatic imine (C=N–C) groups is 1. The highest BCUT2D eigenvalue weighted by Gasteiger charge is 2.33. The molecule has 1 aromatic rings. The van der Waals surface area contributed by atoms with Crippen LogP contribution < -0.4 is 26.8 Å². The molecule has 6 N–H and O–H groups in total. The maximum absolute atomic E-state index is 6.48. The molecule has 0 radical (unpaired) electrons. The number of nitrogens with zero attached hydrogens (tertiary/aromatic N) is 2. The number of methoxy groups -OCH3 is 1. The summed E-state index contributed by atoms with van der Waals surface area (Å²) in [4.78, 5) is 6.60. The number of hydrogen-bond donors (Lipinski definition) is 4. The number of likely N-dealkylation sites (tertiary alicyclic amines) is 1. The van der Waals surface area contributed by atoms with Crippen molar-refractivity contribution in [3.8, 4) is 5.75 Å². The van der Waals surface area contributed by atoms with Gasteiger partial charge in [0.25, 0.3) is 0 Å². The number of nitrogens with two attached hydrogens (primary N) is 2. The van der Waals surface area contributed by atoms with Crippen LogP contribution >= 0.6 is 0 Å². The van der Waals surface area contributed by atoms with Gasteiger partial charge in [-0.05, 0) is 30.8 Å². The molecule has 7 nitrogen and oxygen atoms in total. The molecule has 3 rings (SSSR count). The minimum atomic E-state index is -0.859. The van der Waals surface area contributed by atoms with Crippen molar-refractivity contribution in [2.75, 3.05) is 27.2 Å². The maximum atomic E-state index is 6.48. The molecule has 2 heterocycles. The largest absolute Gasteiger partial charge is 0.497 e. The van der Waals surface area contributed by atoms with E-state index in [1.165, 1.54) is 0 Å². The topological polar surface area (TPSA) is 101 Å². The number of ether oxygens (including phenoxy) is 1. The van der Waals surface area contributed by atoms with Crippen molar-refractivity contribution in [1.82, 2.24) is 15.5 Å². The molecular weight excluding hydrogens is 292 g/mol. The predicted octanol–water partition coefficient (Wildman–Crippen LogP) is -0.444. The summed E-state index contributed by atoms with van der Waals surface area (Å²) >= 11 is 0. The fourth-order valence-electron chi connectivity index (χ4n) is 2.92. The van der Waals surface area contributed by atoms with E-state index in [0.717, 1.165) is 30.2 Å². The zero-order chi connectivity index (χ0) is 16.4. The van der Waals surface area contributed by atoms with E-state index in [1.807, 2.05) is 37.4 Å². The monoisotopic (exact) mass is 316 g/mol. The average Bonchev–Trinajstić information content (AvgIpc) is 2.45. The molecule has 0 spiro atoms. The smallest absolute Gasteiger partial charge is 0.196 e. The molecule has 0 amide bonds. The molecule has 0 saturated carbocycles. The van der Waals surface area contributed by atoms with Crippen LogP contribution in [0.3, 0.4) is 0 Å². The maximum Gasteiger partial charge on any atom is 0.196 e. The van der Waals surface area contributed by atoms with Gasteiger partial charge in [-0.3, -0.25) is 0 Å². The third-order valence-corrected chi connectivity index (χ3v) is 4.22. The van der Waals surface area contributed by atoms with Gasteiger partial charge in [-0.15, -0.1) is 0 Å². The van der Waals surface area contributed by atoms with Crippen molar-refractivity contribution in [1.29, 1.82) is 0 Å². The first-order chi connectivity index (χ1) is 11.0. The molecule has 2 aliphatic heterocycles. The standard InChI is InChI=1S/C16H24N6O/c1-19-12-9-22(10-12)14-8-16(18,21-15(17)20-14)7-11-4-3-5-13(6-11)23-2/h3-6,8,12,19H,7,9-10,18H2,1-2H3,(H3,17,20,21). The second-order valence-corrected chi connectivity index (χ2v) is 6.06. The number of hydrogen-bond acceptors (Lipinski definition) is 7. The zero-order valence-corrected chi connectivity index (χ0v) is 13.5. The van der Waals surface area contributed by atoms with Gasteiger partial charge < -0.3 is 31.7 Å². The van der Waals surface area contributed by atoms with Gasteiger partial charge in [0.05, 0.1) is 7.11 Å². The van der Waals surface area contributed by atoms with Gasteiger partial charge in [-0.1, -0.05) is 12.1 Å². The second-order valence-electron chi connectivity index (χ2n) is 6.06. The number of nitrogens with one attached hydrogen (secondary N) is 2. The zero-order valence-electron chi connectivity index (χ0n) is 13.5. The quantitative estimate of drug-likeness (QED) is 0.587. The van der Waals surface area contributed by atoms with Gasteiger partial charge in [0.15, 0.2) is 5.96 Å². The summed E-state index contributed by atoms with van der Waals surface area (Å²) in [6, 6.07) is 8.34. The van der Waals surface area contributed by atoms with Crippen LogP contribution in [0.15, 0.2) is 41.2 Å². The molecule has 1 aromatic carbocycles. The highest BCUT2D eigenvalue weighted by molar-refractivity contribution is 5.81. The van der Waals surface area contributed by atoms with Crippen molar-refractivity contribution < 1.29 is 4.74 Å². The van der Waals surface area contributed by atoms with Gasteiger partial charge in [0.2, 0.25) is 0 Å². The molecule has 1 fully saturated rings. The van der Waals surface area contributed by atoms with Crippen molar-refractivity contribution >= 4 is 5.96 Å². The van der Waals surface area contributed by atoms with E-state index in [4.69, 9.17) is 16.2 Å². The second kappa shape index (κ2) is 6.10. The third-order valence-electron chi connectivity index (χ3n) is 4.22. The summed E-state index contributed by atoms with van der Waals surface area (Å²) in [5.41, 5.74) is 12.6. The Morgan fingerprint density at radius 3 is 2.96 bits per heavy atom. The number of rotatable bonds is 5. The Kier molecular flexibility index (Phi) is 4.14. The third kappa shape index (κ3) is 3.40. The van der Waals surface area contributed by atoms with Crippen LogP contribution in [0.1, 0.15) is 5.56 Å². The molecular formula is C16H24N6O. The summed E-state index contributed by atoms with van der Waals surface area (Å²) in [5, 5.41) is 6.36. The van der Waals surface area contributed by atoms with E-state index in [0.29, 0.717) is 18.4 Å². The summed E-state index contributed by atoms with van der Waals surface area (Å²) in [6.45, 7) is 1.86. The van der Waals surface area contributed by atoms with E-state index >= 15 is 0 Å².